The molecule has 0 unspecified atom stereocenters. The molecule has 8 heteroatoms. The van der Waals surface area contributed by atoms with Crippen molar-refractivity contribution in [3.05, 3.63) is 70.3 Å². The second kappa shape index (κ2) is 10.9. The minimum absolute atomic E-state index is 0. The second-order valence-electron chi connectivity index (χ2n) is 4.21. The van der Waals surface area contributed by atoms with Crippen LogP contribution in [-0.4, -0.2) is 11.9 Å². The monoisotopic (exact) mass is 378 g/mol. The van der Waals surface area contributed by atoms with Crippen LogP contribution in [0.4, 0.5) is 8.78 Å². The number of carbonyl (C=O) groups is 2. The summed E-state index contributed by atoms with van der Waals surface area (Å²) < 4.78 is 25.8. The van der Waals surface area contributed by atoms with Gasteiger partial charge in [0.15, 0.2) is 11.6 Å². The van der Waals surface area contributed by atoms with Crippen LogP contribution in [0.2, 0.25) is 0 Å². The Hall–Kier alpha value is 0.0727. The number of carboxylic acid groups (broad SMARTS) is 2. The maximum Gasteiger partial charge on any atom is 1.00 e. The first kappa shape index (κ1) is 24.1. The zero-order valence-corrected chi connectivity index (χ0v) is 19.1. The fourth-order valence-corrected chi connectivity index (χ4v) is 1.69. The van der Waals surface area contributed by atoms with E-state index in [0.717, 1.165) is 24.3 Å². The molecule has 2 rings (SSSR count). The Morgan fingerprint density at radius 3 is 1.75 bits per heavy atom. The molecule has 110 valence electrons. The van der Waals surface area contributed by atoms with E-state index in [1.165, 1.54) is 12.1 Å². The largest absolute Gasteiger partial charge is 1.00 e. The third kappa shape index (κ3) is 6.42. The van der Waals surface area contributed by atoms with Crippen molar-refractivity contribution >= 4 is 11.9 Å². The van der Waals surface area contributed by atoms with Crippen LogP contribution in [-0.2, 0) is 0 Å². The van der Waals surface area contributed by atoms with Crippen molar-refractivity contribution in [3.63, 3.8) is 0 Å². The smallest absolute Gasteiger partial charge is 0.545 e. The third-order valence-corrected chi connectivity index (χ3v) is 2.73. The zero-order chi connectivity index (χ0) is 16.3. The summed E-state index contributed by atoms with van der Waals surface area (Å²) in [6.07, 6.45) is 0. The molecular formula is C16H6F2K2O4. The van der Waals surface area contributed by atoms with Gasteiger partial charge in [-0.3, -0.25) is 0 Å². The Bertz CT molecular complexity index is 842. The van der Waals surface area contributed by atoms with E-state index in [1.54, 1.807) is 0 Å². The summed E-state index contributed by atoms with van der Waals surface area (Å²) in [7, 11) is 0. The topological polar surface area (TPSA) is 80.3 Å². The summed E-state index contributed by atoms with van der Waals surface area (Å²) >= 11 is 0. The van der Waals surface area contributed by atoms with Crippen LogP contribution in [0, 0.1) is 23.5 Å². The van der Waals surface area contributed by atoms with Crippen molar-refractivity contribution in [1.82, 2.24) is 0 Å². The first-order valence-corrected chi connectivity index (χ1v) is 5.92. The average molecular weight is 378 g/mol. The van der Waals surface area contributed by atoms with Crippen molar-refractivity contribution in [2.45, 2.75) is 0 Å². The van der Waals surface area contributed by atoms with Crippen LogP contribution < -0.4 is 113 Å². The SMILES string of the molecule is O=C([O-])c1ccc(C#Cc2ccc(F)c(F)c2)cc1C(=O)[O-].[K+].[K+]. The standard InChI is InChI=1S/C16H8F2O4.2K/c17-13-6-4-10(8-14(13)18)2-1-9-3-5-11(15(19)20)12(7-9)16(21)22;;/h3-8H,(H,19,20)(H,21,22);;/q;2*+1/p-2. The first-order chi connectivity index (χ1) is 10.4. The van der Waals surface area contributed by atoms with Crippen molar-refractivity contribution in [1.29, 1.82) is 0 Å². The van der Waals surface area contributed by atoms with Gasteiger partial charge in [0.05, 0.1) is 11.9 Å². The molecule has 4 nitrogen and oxygen atoms in total. The van der Waals surface area contributed by atoms with Crippen LogP contribution in [0.15, 0.2) is 36.4 Å². The van der Waals surface area contributed by atoms with E-state index < -0.39 is 34.7 Å². The Balaban J connectivity index is 0.00000264. The van der Waals surface area contributed by atoms with Crippen molar-refractivity contribution < 1.29 is 131 Å². The quantitative estimate of drug-likeness (QED) is 0.385. The summed E-state index contributed by atoms with van der Waals surface area (Å²) in [4.78, 5) is 21.7. The van der Waals surface area contributed by atoms with Crippen molar-refractivity contribution in [2.24, 2.45) is 0 Å². The van der Waals surface area contributed by atoms with Gasteiger partial charge in [0.25, 0.3) is 0 Å². The minimum atomic E-state index is -1.68. The summed E-state index contributed by atoms with van der Waals surface area (Å²) in [6.45, 7) is 0. The Morgan fingerprint density at radius 2 is 1.25 bits per heavy atom. The molecule has 0 spiro atoms. The van der Waals surface area contributed by atoms with E-state index in [1.807, 2.05) is 0 Å². The van der Waals surface area contributed by atoms with Crippen LogP contribution in [0.5, 0.6) is 0 Å². The average Bonchev–Trinajstić information content (AvgIpc) is 2.48. The molecule has 0 bridgehead atoms. The molecular weight excluding hydrogens is 372 g/mol. The van der Waals surface area contributed by atoms with E-state index in [4.69, 9.17) is 0 Å². The molecule has 2 aromatic carbocycles. The summed E-state index contributed by atoms with van der Waals surface area (Å²) in [5, 5.41) is 21.7. The molecule has 0 radical (unpaired) electrons. The Kier molecular flexibility index (Phi) is 11.0. The minimum Gasteiger partial charge on any atom is -0.545 e. The molecule has 0 atom stereocenters. The molecule has 24 heavy (non-hydrogen) atoms. The molecule has 0 fully saturated rings. The normalized spacial score (nSPS) is 8.92. The molecule has 0 aliphatic heterocycles. The number of hydrogen-bond donors (Lipinski definition) is 0. The van der Waals surface area contributed by atoms with Gasteiger partial charge >= 0.3 is 103 Å². The van der Waals surface area contributed by atoms with Crippen molar-refractivity contribution in [3.8, 4) is 11.8 Å². The van der Waals surface area contributed by atoms with Crippen LogP contribution >= 0.6 is 0 Å². The van der Waals surface area contributed by atoms with Gasteiger partial charge in [-0.05, 0) is 30.3 Å². The molecule has 0 saturated carbocycles. The second-order valence-corrected chi connectivity index (χ2v) is 4.21. The number of hydrogen-bond acceptors (Lipinski definition) is 4. The van der Waals surface area contributed by atoms with Gasteiger partial charge in [-0.2, -0.15) is 0 Å². The van der Waals surface area contributed by atoms with E-state index in [9.17, 15) is 28.6 Å². The Labute approximate surface area is 221 Å². The van der Waals surface area contributed by atoms with Gasteiger partial charge in [0, 0.05) is 22.3 Å². The molecule has 0 saturated heterocycles. The van der Waals surface area contributed by atoms with E-state index in [2.05, 4.69) is 11.8 Å². The number of carboxylic acids is 2. The first-order valence-electron chi connectivity index (χ1n) is 5.92. The maximum atomic E-state index is 13.0. The van der Waals surface area contributed by atoms with Gasteiger partial charge < -0.3 is 19.8 Å². The Morgan fingerprint density at radius 1 is 0.750 bits per heavy atom. The fourth-order valence-electron chi connectivity index (χ4n) is 1.69. The van der Waals surface area contributed by atoms with Crippen LogP contribution in [0.25, 0.3) is 0 Å². The van der Waals surface area contributed by atoms with E-state index in [0.29, 0.717) is 0 Å². The third-order valence-electron chi connectivity index (χ3n) is 2.73. The van der Waals surface area contributed by atoms with Gasteiger partial charge in [-0.15, -0.1) is 0 Å². The zero-order valence-electron chi connectivity index (χ0n) is 12.9. The fraction of sp³-hybridized carbons (Fsp3) is 0. The maximum absolute atomic E-state index is 13.0. The van der Waals surface area contributed by atoms with Gasteiger partial charge in [0.1, 0.15) is 0 Å². The molecule has 0 heterocycles. The van der Waals surface area contributed by atoms with E-state index in [-0.39, 0.29) is 114 Å². The van der Waals surface area contributed by atoms with Gasteiger partial charge in [-0.1, -0.05) is 17.9 Å². The molecule has 0 N–H and O–H groups in total. The molecule has 0 aliphatic carbocycles. The summed E-state index contributed by atoms with van der Waals surface area (Å²) in [5.74, 6) is -0.373. The number of carbonyl (C=O) groups excluding carboxylic acids is 2. The molecule has 2 aromatic rings. The number of aromatic carboxylic acids is 2. The van der Waals surface area contributed by atoms with Crippen LogP contribution in [0.3, 0.4) is 0 Å². The molecule has 0 amide bonds. The predicted octanol–water partition coefficient (Wildman–Crippen LogP) is -5.90. The van der Waals surface area contributed by atoms with Crippen LogP contribution in [0.1, 0.15) is 31.8 Å². The number of halogens is 2. The van der Waals surface area contributed by atoms with Gasteiger partial charge in [-0.25, -0.2) is 8.78 Å². The summed E-state index contributed by atoms with van der Waals surface area (Å²) in [5.41, 5.74) is -0.748. The summed E-state index contributed by atoms with van der Waals surface area (Å²) in [6, 6.07) is 6.34. The molecule has 0 aliphatic rings. The van der Waals surface area contributed by atoms with E-state index >= 15 is 0 Å². The van der Waals surface area contributed by atoms with Gasteiger partial charge in [0.2, 0.25) is 0 Å². The number of rotatable bonds is 2. The molecule has 0 aromatic heterocycles. The predicted molar refractivity (Wildman–Crippen MR) is 67.4 cm³/mol. The number of benzene rings is 2. The van der Waals surface area contributed by atoms with Crippen molar-refractivity contribution in [2.75, 3.05) is 0 Å².